The maximum atomic E-state index is 11.6. The predicted octanol–water partition coefficient (Wildman–Crippen LogP) is 4.18. The average Bonchev–Trinajstić information content (AvgIpc) is 2.38. The molecule has 4 nitrogen and oxygen atoms in total. The zero-order valence-corrected chi connectivity index (χ0v) is 11.8. The Kier molecular flexibility index (Phi) is 4.98. The second-order valence-electron chi connectivity index (χ2n) is 3.85. The number of benzene rings is 1. The highest BCUT2D eigenvalue weighted by Gasteiger charge is 2.00. The van der Waals surface area contributed by atoms with Crippen LogP contribution >= 0.6 is 23.2 Å². The first-order chi connectivity index (χ1) is 9.63. The molecule has 2 aromatic rings. The molecule has 0 aliphatic heterocycles. The van der Waals surface area contributed by atoms with Crippen LogP contribution in [-0.4, -0.2) is 11.0 Å². The van der Waals surface area contributed by atoms with Crippen molar-refractivity contribution in [2.45, 2.75) is 0 Å². The molecule has 0 saturated carbocycles. The fourth-order valence-electron chi connectivity index (χ4n) is 1.45. The number of anilines is 1. The van der Waals surface area contributed by atoms with Crippen molar-refractivity contribution in [1.29, 1.82) is 0 Å². The standard InChI is InChI=1S/C14H11Cl2N3O/c15-11-3-1-2-10(8-11)4-6-18-14(20)19-13-9-12(16)5-7-17-13/h1-9H,(H2,17,18,19,20)/b6-4+. The average molecular weight is 308 g/mol. The first-order valence-electron chi connectivity index (χ1n) is 5.75. The maximum Gasteiger partial charge on any atom is 0.324 e. The van der Waals surface area contributed by atoms with Crippen LogP contribution < -0.4 is 10.6 Å². The summed E-state index contributed by atoms with van der Waals surface area (Å²) < 4.78 is 0. The maximum absolute atomic E-state index is 11.6. The zero-order valence-electron chi connectivity index (χ0n) is 10.3. The first-order valence-corrected chi connectivity index (χ1v) is 6.50. The molecular weight excluding hydrogens is 297 g/mol. The second kappa shape index (κ2) is 6.93. The van der Waals surface area contributed by atoms with Gasteiger partial charge in [0.15, 0.2) is 0 Å². The van der Waals surface area contributed by atoms with Crippen LogP contribution in [0.4, 0.5) is 10.6 Å². The molecule has 0 radical (unpaired) electrons. The van der Waals surface area contributed by atoms with Gasteiger partial charge in [-0.2, -0.15) is 0 Å². The van der Waals surface area contributed by atoms with Gasteiger partial charge in [0, 0.05) is 22.4 Å². The number of rotatable bonds is 3. The van der Waals surface area contributed by atoms with Crippen molar-refractivity contribution in [1.82, 2.24) is 10.3 Å². The molecule has 0 aliphatic carbocycles. The smallest absolute Gasteiger partial charge is 0.314 e. The van der Waals surface area contributed by atoms with Crippen molar-refractivity contribution in [2.75, 3.05) is 5.32 Å². The summed E-state index contributed by atoms with van der Waals surface area (Å²) in [6.07, 6.45) is 4.77. The van der Waals surface area contributed by atoms with Crippen LogP contribution in [0.3, 0.4) is 0 Å². The number of amides is 2. The molecule has 0 aliphatic rings. The van der Waals surface area contributed by atoms with E-state index in [1.165, 1.54) is 12.4 Å². The van der Waals surface area contributed by atoms with E-state index in [1.54, 1.807) is 30.3 Å². The molecule has 1 aromatic carbocycles. The van der Waals surface area contributed by atoms with E-state index < -0.39 is 6.03 Å². The number of carbonyl (C=O) groups excluding carboxylic acids is 1. The van der Waals surface area contributed by atoms with Gasteiger partial charge in [0.25, 0.3) is 0 Å². The van der Waals surface area contributed by atoms with Crippen LogP contribution in [0.2, 0.25) is 10.0 Å². The Balaban J connectivity index is 1.89. The highest BCUT2D eigenvalue weighted by atomic mass is 35.5. The molecule has 2 N–H and O–H groups in total. The molecule has 0 unspecified atom stereocenters. The number of carbonyl (C=O) groups is 1. The lowest BCUT2D eigenvalue weighted by atomic mass is 10.2. The highest BCUT2D eigenvalue weighted by molar-refractivity contribution is 6.31. The summed E-state index contributed by atoms with van der Waals surface area (Å²) in [5.41, 5.74) is 0.888. The van der Waals surface area contributed by atoms with Gasteiger partial charge in [0.05, 0.1) is 0 Å². The summed E-state index contributed by atoms with van der Waals surface area (Å²) in [6, 6.07) is 10.1. The van der Waals surface area contributed by atoms with E-state index in [4.69, 9.17) is 23.2 Å². The third-order valence-corrected chi connectivity index (χ3v) is 2.77. The molecule has 2 amide bonds. The van der Waals surface area contributed by atoms with E-state index in [0.29, 0.717) is 15.9 Å². The number of aromatic nitrogens is 1. The fourth-order valence-corrected chi connectivity index (χ4v) is 1.81. The lowest BCUT2D eigenvalue weighted by Gasteiger charge is -2.03. The van der Waals surface area contributed by atoms with E-state index in [-0.39, 0.29) is 0 Å². The number of hydrogen-bond donors (Lipinski definition) is 2. The molecule has 102 valence electrons. The van der Waals surface area contributed by atoms with E-state index in [1.807, 2.05) is 12.1 Å². The molecule has 20 heavy (non-hydrogen) atoms. The van der Waals surface area contributed by atoms with Gasteiger partial charge in [0.1, 0.15) is 5.82 Å². The lowest BCUT2D eigenvalue weighted by molar-refractivity contribution is 0.255. The van der Waals surface area contributed by atoms with Crippen molar-refractivity contribution in [3.8, 4) is 0 Å². The molecule has 0 spiro atoms. The second-order valence-corrected chi connectivity index (χ2v) is 4.72. The highest BCUT2D eigenvalue weighted by Crippen LogP contribution is 2.12. The van der Waals surface area contributed by atoms with Gasteiger partial charge in [-0.1, -0.05) is 35.3 Å². The Labute approximate surface area is 126 Å². The van der Waals surface area contributed by atoms with E-state index >= 15 is 0 Å². The van der Waals surface area contributed by atoms with Crippen LogP contribution in [0.5, 0.6) is 0 Å². The summed E-state index contributed by atoms with van der Waals surface area (Å²) in [5, 5.41) is 6.26. The SMILES string of the molecule is O=C(N/C=C/c1cccc(Cl)c1)Nc1cc(Cl)ccn1. The molecule has 0 saturated heterocycles. The number of urea groups is 1. The third-order valence-electron chi connectivity index (χ3n) is 2.30. The lowest BCUT2D eigenvalue weighted by Crippen LogP contribution is -2.24. The van der Waals surface area contributed by atoms with E-state index in [0.717, 1.165) is 5.56 Å². The topological polar surface area (TPSA) is 54.0 Å². The summed E-state index contributed by atoms with van der Waals surface area (Å²) >= 11 is 11.6. The van der Waals surface area contributed by atoms with Gasteiger partial charge < -0.3 is 5.32 Å². The fraction of sp³-hybridized carbons (Fsp3) is 0. The number of nitrogens with one attached hydrogen (secondary N) is 2. The van der Waals surface area contributed by atoms with Crippen LogP contribution in [-0.2, 0) is 0 Å². The van der Waals surface area contributed by atoms with Crippen LogP contribution in [0, 0.1) is 0 Å². The Hall–Kier alpha value is -2.04. The molecule has 6 heteroatoms. The van der Waals surface area contributed by atoms with Crippen molar-refractivity contribution in [2.24, 2.45) is 0 Å². The number of pyridine rings is 1. The Bertz CT molecular complexity index is 644. The molecule has 1 heterocycles. The Morgan fingerprint density at radius 1 is 1.15 bits per heavy atom. The molecule has 0 atom stereocenters. The Morgan fingerprint density at radius 3 is 2.70 bits per heavy atom. The summed E-state index contributed by atoms with van der Waals surface area (Å²) in [5.74, 6) is 0.381. The molecular formula is C14H11Cl2N3O. The van der Waals surface area contributed by atoms with Gasteiger partial charge in [-0.05, 0) is 35.9 Å². The van der Waals surface area contributed by atoms with Gasteiger partial charge in [-0.15, -0.1) is 0 Å². The van der Waals surface area contributed by atoms with Gasteiger partial charge in [-0.25, -0.2) is 9.78 Å². The third kappa shape index (κ3) is 4.57. The molecule has 0 bridgehead atoms. The van der Waals surface area contributed by atoms with Gasteiger partial charge >= 0.3 is 6.03 Å². The molecule has 0 fully saturated rings. The minimum atomic E-state index is -0.405. The zero-order chi connectivity index (χ0) is 14.4. The van der Waals surface area contributed by atoms with Crippen LogP contribution in [0.1, 0.15) is 5.56 Å². The minimum Gasteiger partial charge on any atom is -0.314 e. The van der Waals surface area contributed by atoms with Crippen LogP contribution in [0.15, 0.2) is 48.8 Å². The monoisotopic (exact) mass is 307 g/mol. The number of halogens is 2. The predicted molar refractivity (Wildman–Crippen MR) is 81.9 cm³/mol. The van der Waals surface area contributed by atoms with Gasteiger partial charge in [-0.3, -0.25) is 5.32 Å². The van der Waals surface area contributed by atoms with Gasteiger partial charge in [0.2, 0.25) is 0 Å². The van der Waals surface area contributed by atoms with Crippen molar-refractivity contribution in [3.05, 3.63) is 64.4 Å². The Morgan fingerprint density at radius 2 is 1.95 bits per heavy atom. The normalized spacial score (nSPS) is 10.5. The summed E-state index contributed by atoms with van der Waals surface area (Å²) in [6.45, 7) is 0. The van der Waals surface area contributed by atoms with Crippen molar-refractivity contribution >= 4 is 41.1 Å². The molecule has 2 rings (SSSR count). The van der Waals surface area contributed by atoms with Crippen molar-refractivity contribution < 1.29 is 4.79 Å². The summed E-state index contributed by atoms with van der Waals surface area (Å²) in [7, 11) is 0. The quantitative estimate of drug-likeness (QED) is 0.893. The van der Waals surface area contributed by atoms with Crippen LogP contribution in [0.25, 0.3) is 6.08 Å². The minimum absolute atomic E-state index is 0.381. The van der Waals surface area contributed by atoms with E-state index in [9.17, 15) is 4.79 Å². The number of nitrogens with zero attached hydrogens (tertiary/aromatic N) is 1. The number of hydrogen-bond acceptors (Lipinski definition) is 2. The van der Waals surface area contributed by atoms with E-state index in [2.05, 4.69) is 15.6 Å². The van der Waals surface area contributed by atoms with Crippen molar-refractivity contribution in [3.63, 3.8) is 0 Å². The molecule has 1 aromatic heterocycles. The first kappa shape index (κ1) is 14.4. The summed E-state index contributed by atoms with van der Waals surface area (Å²) in [4.78, 5) is 15.6. The largest absolute Gasteiger partial charge is 0.324 e.